The third kappa shape index (κ3) is 5.64. The molecule has 0 spiro atoms. The van der Waals surface area contributed by atoms with Gasteiger partial charge in [-0.1, -0.05) is 42.5 Å². The molecule has 1 amide bonds. The summed E-state index contributed by atoms with van der Waals surface area (Å²) in [6.07, 6.45) is 0.0307. The topological polar surface area (TPSA) is 102 Å². The number of likely N-dealkylation sites (tertiary alicyclic amines) is 1. The van der Waals surface area contributed by atoms with E-state index in [1.807, 2.05) is 30.3 Å². The lowest BCUT2D eigenvalue weighted by Gasteiger charge is -2.43. The van der Waals surface area contributed by atoms with Crippen LogP contribution in [0.1, 0.15) is 40.2 Å². The molecule has 0 bridgehead atoms. The van der Waals surface area contributed by atoms with Crippen LogP contribution in [0.15, 0.2) is 78.9 Å². The third-order valence-electron chi connectivity index (χ3n) is 7.05. The minimum atomic E-state index is -1.56. The number of methoxy groups -OCH3 is 2. The lowest BCUT2D eigenvalue weighted by atomic mass is 9.64. The third-order valence-corrected chi connectivity index (χ3v) is 7.05. The van der Waals surface area contributed by atoms with E-state index in [9.17, 15) is 19.5 Å². The summed E-state index contributed by atoms with van der Waals surface area (Å²) in [4.78, 5) is 41.5. The Balaban J connectivity index is 1.68. The highest BCUT2D eigenvalue weighted by Gasteiger charge is 2.53. The van der Waals surface area contributed by atoms with Crippen molar-refractivity contribution < 1.29 is 33.7 Å². The van der Waals surface area contributed by atoms with Gasteiger partial charge in [0.15, 0.2) is 5.78 Å². The first-order valence-corrected chi connectivity index (χ1v) is 12.4. The molecule has 3 aromatic carbocycles. The smallest absolute Gasteiger partial charge is 0.410 e. The van der Waals surface area contributed by atoms with Crippen LogP contribution in [0.4, 0.5) is 4.79 Å². The Morgan fingerprint density at radius 2 is 1.50 bits per heavy atom. The van der Waals surface area contributed by atoms with E-state index in [0.717, 1.165) is 5.56 Å². The second-order valence-corrected chi connectivity index (χ2v) is 9.33. The number of hydrogen-bond acceptors (Lipinski definition) is 6. The van der Waals surface area contributed by atoms with Crippen LogP contribution in [0.3, 0.4) is 0 Å². The molecule has 0 radical (unpaired) electrons. The molecule has 0 saturated carbocycles. The number of ketones is 1. The summed E-state index contributed by atoms with van der Waals surface area (Å²) in [6, 6.07) is 22.7. The molecule has 0 aromatic heterocycles. The van der Waals surface area contributed by atoms with Gasteiger partial charge in [0.1, 0.15) is 18.1 Å². The Hall–Kier alpha value is -4.33. The number of ether oxygens (including phenoxy) is 3. The summed E-state index contributed by atoms with van der Waals surface area (Å²) in [5, 5.41) is 10.6. The predicted molar refractivity (Wildman–Crippen MR) is 141 cm³/mol. The number of rotatable bonds is 9. The highest BCUT2D eigenvalue weighted by molar-refractivity contribution is 6.04. The highest BCUT2D eigenvalue weighted by atomic mass is 16.6. The van der Waals surface area contributed by atoms with Gasteiger partial charge in [-0.2, -0.15) is 0 Å². The minimum absolute atomic E-state index is 0.0724. The molecular weight excluding hydrogens is 486 g/mol. The van der Waals surface area contributed by atoms with Crippen LogP contribution in [0, 0.1) is 5.41 Å². The molecule has 1 saturated heterocycles. The number of hydrogen-bond donors (Lipinski definition) is 1. The van der Waals surface area contributed by atoms with Crippen molar-refractivity contribution in [2.45, 2.75) is 25.4 Å². The average Bonchev–Trinajstić information content (AvgIpc) is 2.97. The molecule has 0 aliphatic carbocycles. The maximum absolute atomic E-state index is 14.0. The van der Waals surface area contributed by atoms with E-state index in [4.69, 9.17) is 14.2 Å². The van der Waals surface area contributed by atoms with Crippen molar-refractivity contribution in [3.05, 3.63) is 95.6 Å². The number of nitrogens with zero attached hydrogens (tertiary/aromatic N) is 1. The summed E-state index contributed by atoms with van der Waals surface area (Å²) in [5.41, 5.74) is 0.160. The minimum Gasteiger partial charge on any atom is -0.497 e. The van der Waals surface area contributed by atoms with Crippen LogP contribution in [0.2, 0.25) is 0 Å². The van der Waals surface area contributed by atoms with E-state index in [1.54, 1.807) is 48.5 Å². The van der Waals surface area contributed by atoms with Crippen molar-refractivity contribution in [2.24, 2.45) is 5.41 Å². The van der Waals surface area contributed by atoms with Crippen LogP contribution in [-0.4, -0.2) is 55.2 Å². The number of carboxylic acids is 1. The van der Waals surface area contributed by atoms with Crippen LogP contribution < -0.4 is 9.47 Å². The highest BCUT2D eigenvalue weighted by Crippen LogP contribution is 2.46. The Labute approximate surface area is 221 Å². The summed E-state index contributed by atoms with van der Waals surface area (Å²) in [7, 11) is 3.07. The number of aliphatic carboxylic acids is 1. The van der Waals surface area contributed by atoms with Gasteiger partial charge in [-0.25, -0.2) is 4.79 Å². The largest absolute Gasteiger partial charge is 0.497 e. The summed E-state index contributed by atoms with van der Waals surface area (Å²) < 4.78 is 16.0. The molecular formula is C30H31NO7. The number of amides is 1. The maximum atomic E-state index is 14.0. The van der Waals surface area contributed by atoms with Crippen molar-refractivity contribution in [1.29, 1.82) is 0 Å². The number of carboxylic acid groups (broad SMARTS) is 1. The van der Waals surface area contributed by atoms with Crippen molar-refractivity contribution in [3.8, 4) is 11.5 Å². The number of carbonyl (C=O) groups is 3. The zero-order chi connectivity index (χ0) is 27.1. The standard InChI is InChI=1S/C30H31NO7/c1-36-24-13-9-22(10-14-24)26(27(32)23-11-15-25(37-2)16-12-23)30(28(33)34)17-6-18-31(20-30)29(35)38-19-21-7-4-3-5-8-21/h3-5,7-16,26H,6,17-20H2,1-2H3,(H,33,34). The molecule has 2 unspecified atom stereocenters. The molecule has 198 valence electrons. The fraction of sp³-hybridized carbons (Fsp3) is 0.300. The van der Waals surface area contributed by atoms with E-state index in [-0.39, 0.29) is 25.4 Å². The maximum Gasteiger partial charge on any atom is 0.410 e. The molecule has 4 rings (SSSR count). The van der Waals surface area contributed by atoms with Crippen molar-refractivity contribution >= 4 is 17.8 Å². The zero-order valence-corrected chi connectivity index (χ0v) is 21.5. The molecule has 1 aliphatic heterocycles. The van der Waals surface area contributed by atoms with Crippen LogP contribution >= 0.6 is 0 Å². The number of carbonyl (C=O) groups excluding carboxylic acids is 2. The number of benzene rings is 3. The van der Waals surface area contributed by atoms with Gasteiger partial charge >= 0.3 is 12.1 Å². The van der Waals surface area contributed by atoms with Gasteiger partial charge in [-0.15, -0.1) is 0 Å². The van der Waals surface area contributed by atoms with E-state index in [1.165, 1.54) is 19.1 Å². The molecule has 8 heteroatoms. The van der Waals surface area contributed by atoms with E-state index in [0.29, 0.717) is 35.6 Å². The lowest BCUT2D eigenvalue weighted by Crippen LogP contribution is -2.54. The zero-order valence-electron chi connectivity index (χ0n) is 21.5. The number of Topliss-reactive ketones (excluding diaryl/α,β-unsaturated/α-hetero) is 1. The fourth-order valence-electron chi connectivity index (χ4n) is 5.02. The SMILES string of the molecule is COc1ccc(C(=O)C(c2ccc(OC)cc2)C2(C(=O)O)CCCN(C(=O)OCc3ccccc3)C2)cc1. The summed E-state index contributed by atoms with van der Waals surface area (Å²) in [6.45, 7) is 0.256. The monoisotopic (exact) mass is 517 g/mol. The quantitative estimate of drug-likeness (QED) is 0.391. The first-order valence-electron chi connectivity index (χ1n) is 12.4. The molecule has 1 fully saturated rings. The van der Waals surface area contributed by atoms with E-state index in [2.05, 4.69) is 0 Å². The molecule has 1 aliphatic rings. The molecule has 8 nitrogen and oxygen atoms in total. The summed E-state index contributed by atoms with van der Waals surface area (Å²) >= 11 is 0. The van der Waals surface area contributed by atoms with Crippen molar-refractivity contribution in [2.75, 3.05) is 27.3 Å². The van der Waals surface area contributed by atoms with Crippen LogP contribution in [-0.2, 0) is 16.1 Å². The molecule has 1 heterocycles. The molecule has 1 N–H and O–H groups in total. The normalized spacial score (nSPS) is 17.8. The number of piperidine rings is 1. The Kier molecular flexibility index (Phi) is 8.31. The van der Waals surface area contributed by atoms with Gasteiger partial charge in [-0.05, 0) is 60.4 Å². The summed E-state index contributed by atoms with van der Waals surface area (Å²) in [5.74, 6) is -1.37. The Morgan fingerprint density at radius 1 is 0.895 bits per heavy atom. The second-order valence-electron chi connectivity index (χ2n) is 9.33. The molecule has 2 atom stereocenters. The van der Waals surface area contributed by atoms with Gasteiger partial charge in [0.05, 0.1) is 25.6 Å². The van der Waals surface area contributed by atoms with Gasteiger partial charge in [0.2, 0.25) is 0 Å². The van der Waals surface area contributed by atoms with E-state index < -0.39 is 23.4 Å². The average molecular weight is 518 g/mol. The fourth-order valence-corrected chi connectivity index (χ4v) is 5.02. The van der Waals surface area contributed by atoms with Gasteiger partial charge < -0.3 is 24.2 Å². The lowest BCUT2D eigenvalue weighted by molar-refractivity contribution is -0.153. The molecule has 3 aromatic rings. The van der Waals surface area contributed by atoms with Crippen molar-refractivity contribution in [1.82, 2.24) is 4.90 Å². The Morgan fingerprint density at radius 3 is 2.08 bits per heavy atom. The van der Waals surface area contributed by atoms with Gasteiger partial charge in [0, 0.05) is 18.7 Å². The first kappa shape index (κ1) is 26.7. The van der Waals surface area contributed by atoms with Crippen LogP contribution in [0.5, 0.6) is 11.5 Å². The van der Waals surface area contributed by atoms with E-state index >= 15 is 0 Å². The first-order chi connectivity index (χ1) is 18.4. The second kappa shape index (κ2) is 11.8. The van der Waals surface area contributed by atoms with Gasteiger partial charge in [-0.3, -0.25) is 9.59 Å². The Bertz CT molecular complexity index is 1260. The van der Waals surface area contributed by atoms with Crippen LogP contribution in [0.25, 0.3) is 0 Å². The van der Waals surface area contributed by atoms with Crippen molar-refractivity contribution in [3.63, 3.8) is 0 Å². The predicted octanol–water partition coefficient (Wildman–Crippen LogP) is 5.17. The van der Waals surface area contributed by atoms with Gasteiger partial charge in [0.25, 0.3) is 0 Å². The molecule has 38 heavy (non-hydrogen) atoms.